The van der Waals surface area contributed by atoms with Gasteiger partial charge in [-0.1, -0.05) is 12.1 Å². The minimum Gasteiger partial charge on any atom is -0.496 e. The second-order valence-corrected chi connectivity index (χ2v) is 6.12. The third-order valence-corrected chi connectivity index (χ3v) is 4.03. The van der Waals surface area contributed by atoms with E-state index < -0.39 is 0 Å². The lowest BCUT2D eigenvalue weighted by atomic mass is 10.0. The van der Waals surface area contributed by atoms with Crippen molar-refractivity contribution in [3.05, 3.63) is 59.9 Å². The summed E-state index contributed by atoms with van der Waals surface area (Å²) in [6, 6.07) is 14.3. The van der Waals surface area contributed by atoms with Crippen molar-refractivity contribution in [3.8, 4) is 5.75 Å². The van der Waals surface area contributed by atoms with Crippen molar-refractivity contribution >= 4 is 23.0 Å². The van der Waals surface area contributed by atoms with Gasteiger partial charge in [0.2, 0.25) is 0 Å². The van der Waals surface area contributed by atoms with Crippen molar-refractivity contribution in [2.75, 3.05) is 33.1 Å². The van der Waals surface area contributed by atoms with Crippen LogP contribution in [0.3, 0.4) is 0 Å². The molecule has 0 unspecified atom stereocenters. The number of likely N-dealkylation sites (N-methyl/N-ethyl adjacent to an activating group) is 1. The molecule has 4 nitrogen and oxygen atoms in total. The molecule has 128 valence electrons. The molecule has 0 aliphatic rings. The van der Waals surface area contributed by atoms with Crippen molar-refractivity contribution < 1.29 is 14.0 Å². The first-order valence-electron chi connectivity index (χ1n) is 7.74. The van der Waals surface area contributed by atoms with E-state index in [0.717, 1.165) is 17.0 Å². The Hall–Kier alpha value is -2.18. The van der Waals surface area contributed by atoms with E-state index in [2.05, 4.69) is 30.8 Å². The molecule has 0 bridgehead atoms. The summed E-state index contributed by atoms with van der Waals surface area (Å²) >= 11 is 5.33. The number of hydrogen-bond donors (Lipinski definition) is 3. The fraction of sp³-hybridized carbons (Fsp3) is 0.278. The van der Waals surface area contributed by atoms with Gasteiger partial charge in [-0.05, 0) is 48.6 Å². The van der Waals surface area contributed by atoms with Crippen LogP contribution in [0.1, 0.15) is 11.6 Å². The molecule has 2 aromatic carbocycles. The van der Waals surface area contributed by atoms with Crippen LogP contribution in [0.4, 0.5) is 10.1 Å². The SMILES string of the molecule is COc1ccccc1[C@@H](CNC(=S)Nc1ccc(F)cc1)[NH+](C)C. The van der Waals surface area contributed by atoms with E-state index in [9.17, 15) is 4.39 Å². The van der Waals surface area contributed by atoms with E-state index >= 15 is 0 Å². The Morgan fingerprint density at radius 3 is 2.46 bits per heavy atom. The summed E-state index contributed by atoms with van der Waals surface area (Å²) in [5, 5.41) is 6.79. The predicted octanol–water partition coefficient (Wildman–Crippen LogP) is 2.01. The summed E-state index contributed by atoms with van der Waals surface area (Å²) in [4.78, 5) is 1.26. The van der Waals surface area contributed by atoms with Crippen molar-refractivity contribution in [1.82, 2.24) is 5.32 Å². The zero-order valence-corrected chi connectivity index (χ0v) is 14.9. The van der Waals surface area contributed by atoms with E-state index in [1.54, 1.807) is 19.2 Å². The number of methoxy groups -OCH3 is 1. The maximum atomic E-state index is 12.9. The quantitative estimate of drug-likeness (QED) is 0.698. The first-order chi connectivity index (χ1) is 11.5. The van der Waals surface area contributed by atoms with E-state index in [1.165, 1.54) is 17.0 Å². The molecule has 6 heteroatoms. The molecule has 0 radical (unpaired) electrons. The summed E-state index contributed by atoms with van der Waals surface area (Å²) in [5.74, 6) is 0.592. The number of para-hydroxylation sites is 1. The fourth-order valence-electron chi connectivity index (χ4n) is 2.48. The molecule has 1 atom stereocenters. The average molecular weight is 348 g/mol. The highest BCUT2D eigenvalue weighted by Crippen LogP contribution is 2.22. The summed E-state index contributed by atoms with van der Waals surface area (Å²) in [7, 11) is 5.86. The summed E-state index contributed by atoms with van der Waals surface area (Å²) in [6.45, 7) is 0.649. The number of halogens is 1. The number of quaternary nitrogens is 1. The third kappa shape index (κ3) is 4.91. The van der Waals surface area contributed by atoms with Crippen LogP contribution in [-0.2, 0) is 0 Å². The number of anilines is 1. The van der Waals surface area contributed by atoms with Gasteiger partial charge in [0.25, 0.3) is 0 Å². The topological polar surface area (TPSA) is 37.7 Å². The van der Waals surface area contributed by atoms with E-state index in [1.807, 2.05) is 18.2 Å². The van der Waals surface area contributed by atoms with Gasteiger partial charge in [0, 0.05) is 5.69 Å². The highest BCUT2D eigenvalue weighted by molar-refractivity contribution is 7.80. The van der Waals surface area contributed by atoms with Crippen LogP contribution in [0, 0.1) is 5.82 Å². The zero-order valence-electron chi connectivity index (χ0n) is 14.1. The Labute approximate surface area is 147 Å². The van der Waals surface area contributed by atoms with Crippen molar-refractivity contribution in [2.45, 2.75) is 6.04 Å². The van der Waals surface area contributed by atoms with Crippen LogP contribution < -0.4 is 20.3 Å². The molecular formula is C18H23FN3OS+. The van der Waals surface area contributed by atoms with Crippen LogP contribution in [-0.4, -0.2) is 32.9 Å². The number of hydrogen-bond acceptors (Lipinski definition) is 2. The van der Waals surface area contributed by atoms with E-state index in [0.29, 0.717) is 11.7 Å². The Kier molecular flexibility index (Phi) is 6.52. The molecule has 0 fully saturated rings. The standard InChI is InChI=1S/C18H22FN3OS/c1-22(2)16(15-6-4-5-7-17(15)23-3)12-20-18(24)21-14-10-8-13(19)9-11-14/h4-11,16H,12H2,1-3H3,(H2,20,21,24)/p+1/t16-/m1/s1. The molecule has 2 rings (SSSR count). The van der Waals surface area contributed by atoms with Gasteiger partial charge in [-0.2, -0.15) is 0 Å². The molecule has 3 N–H and O–H groups in total. The van der Waals surface area contributed by atoms with Gasteiger partial charge in [0.05, 0.1) is 33.3 Å². The van der Waals surface area contributed by atoms with Crippen LogP contribution in [0.15, 0.2) is 48.5 Å². The first-order valence-corrected chi connectivity index (χ1v) is 8.15. The van der Waals surface area contributed by atoms with Gasteiger partial charge in [-0.15, -0.1) is 0 Å². The van der Waals surface area contributed by atoms with Crippen molar-refractivity contribution in [2.24, 2.45) is 0 Å². The largest absolute Gasteiger partial charge is 0.496 e. The van der Waals surface area contributed by atoms with E-state index in [4.69, 9.17) is 17.0 Å². The molecule has 0 aliphatic heterocycles. The predicted molar refractivity (Wildman–Crippen MR) is 99.2 cm³/mol. The van der Waals surface area contributed by atoms with E-state index in [-0.39, 0.29) is 11.9 Å². The van der Waals surface area contributed by atoms with Gasteiger partial charge in [-0.3, -0.25) is 0 Å². The Bertz CT molecular complexity index is 676. The van der Waals surface area contributed by atoms with Gasteiger partial charge < -0.3 is 20.3 Å². The summed E-state index contributed by atoms with van der Waals surface area (Å²) < 4.78 is 18.4. The van der Waals surface area contributed by atoms with Crippen molar-refractivity contribution in [1.29, 1.82) is 0 Å². The molecule has 0 spiro atoms. The highest BCUT2D eigenvalue weighted by atomic mass is 32.1. The van der Waals surface area contributed by atoms with Crippen molar-refractivity contribution in [3.63, 3.8) is 0 Å². The van der Waals surface area contributed by atoms with Crippen LogP contribution >= 0.6 is 12.2 Å². The van der Waals surface area contributed by atoms with Gasteiger partial charge in [0.1, 0.15) is 17.6 Å². The first kappa shape index (κ1) is 18.2. The second-order valence-electron chi connectivity index (χ2n) is 5.71. The molecule has 0 amide bonds. The lowest BCUT2D eigenvalue weighted by Gasteiger charge is -2.24. The average Bonchev–Trinajstić information content (AvgIpc) is 2.57. The smallest absolute Gasteiger partial charge is 0.171 e. The molecule has 2 aromatic rings. The Morgan fingerprint density at radius 2 is 1.83 bits per heavy atom. The van der Waals surface area contributed by atoms with Gasteiger partial charge in [-0.25, -0.2) is 4.39 Å². The number of thiocarbonyl (C=S) groups is 1. The Balaban J connectivity index is 2.01. The Morgan fingerprint density at radius 1 is 1.17 bits per heavy atom. The molecular weight excluding hydrogens is 325 g/mol. The molecule has 0 heterocycles. The molecule has 0 aliphatic carbocycles. The summed E-state index contributed by atoms with van der Waals surface area (Å²) in [6.07, 6.45) is 0. The normalized spacial score (nSPS) is 11.9. The number of ether oxygens (including phenoxy) is 1. The lowest BCUT2D eigenvalue weighted by Crippen LogP contribution is -3.07. The maximum Gasteiger partial charge on any atom is 0.171 e. The maximum absolute atomic E-state index is 12.9. The zero-order chi connectivity index (χ0) is 17.5. The molecule has 0 aromatic heterocycles. The minimum absolute atomic E-state index is 0.175. The summed E-state index contributed by atoms with van der Waals surface area (Å²) in [5.41, 5.74) is 1.87. The van der Waals surface area contributed by atoms with Crippen LogP contribution in [0.25, 0.3) is 0 Å². The third-order valence-electron chi connectivity index (χ3n) is 3.78. The number of benzene rings is 2. The number of nitrogens with one attached hydrogen (secondary N) is 3. The highest BCUT2D eigenvalue weighted by Gasteiger charge is 2.21. The van der Waals surface area contributed by atoms with Gasteiger partial charge >= 0.3 is 0 Å². The lowest BCUT2D eigenvalue weighted by molar-refractivity contribution is -0.890. The minimum atomic E-state index is -0.271. The monoisotopic (exact) mass is 348 g/mol. The number of rotatable bonds is 6. The van der Waals surface area contributed by atoms with Gasteiger partial charge in [0.15, 0.2) is 5.11 Å². The second kappa shape index (κ2) is 8.61. The molecule has 0 saturated heterocycles. The van der Waals surface area contributed by atoms with Crippen LogP contribution in [0.5, 0.6) is 5.75 Å². The van der Waals surface area contributed by atoms with Crippen LogP contribution in [0.2, 0.25) is 0 Å². The molecule has 24 heavy (non-hydrogen) atoms. The molecule has 0 saturated carbocycles. The fourth-order valence-corrected chi connectivity index (χ4v) is 2.68.